The lowest BCUT2D eigenvalue weighted by molar-refractivity contribution is 0.0307. The summed E-state index contributed by atoms with van der Waals surface area (Å²) in [6.45, 7) is 13.3. The molecule has 2 nitrogen and oxygen atoms in total. The van der Waals surface area contributed by atoms with Crippen LogP contribution in [0, 0.1) is 11.3 Å². The van der Waals surface area contributed by atoms with Crippen LogP contribution in [0.1, 0.15) is 47.5 Å². The predicted octanol–water partition coefficient (Wildman–Crippen LogP) is 2.51. The Labute approximate surface area is 94.7 Å². The molecule has 1 fully saturated rings. The van der Waals surface area contributed by atoms with Crippen molar-refractivity contribution in [1.82, 2.24) is 4.90 Å². The van der Waals surface area contributed by atoms with Crippen molar-refractivity contribution in [3.8, 4) is 0 Å². The Bertz CT molecular complexity index is 187. The average molecular weight is 213 g/mol. The minimum absolute atomic E-state index is 0.212. The normalized spacial score (nSPS) is 25.2. The number of aliphatic hydroxyl groups excluding tert-OH is 1. The molecule has 2 unspecified atom stereocenters. The lowest BCUT2D eigenvalue weighted by atomic mass is 9.75. The molecule has 0 aromatic carbocycles. The maximum atomic E-state index is 9.56. The molecule has 1 aliphatic heterocycles. The van der Waals surface area contributed by atoms with Crippen LogP contribution in [0.5, 0.6) is 0 Å². The molecule has 1 saturated heterocycles. The van der Waals surface area contributed by atoms with Crippen molar-refractivity contribution < 1.29 is 5.11 Å². The fourth-order valence-electron chi connectivity index (χ4n) is 2.48. The van der Waals surface area contributed by atoms with Crippen molar-refractivity contribution in [3.05, 3.63) is 0 Å². The molecule has 0 radical (unpaired) electrons. The second kappa shape index (κ2) is 4.84. The molecule has 2 heteroatoms. The molecular weight excluding hydrogens is 186 g/mol. The van der Waals surface area contributed by atoms with Gasteiger partial charge in [-0.3, -0.25) is 4.90 Å². The number of nitrogens with zero attached hydrogens (tertiary/aromatic N) is 1. The Morgan fingerprint density at radius 1 is 1.13 bits per heavy atom. The van der Waals surface area contributed by atoms with Crippen LogP contribution in [0.15, 0.2) is 0 Å². The third-order valence-electron chi connectivity index (χ3n) is 4.03. The van der Waals surface area contributed by atoms with Gasteiger partial charge in [-0.2, -0.15) is 0 Å². The van der Waals surface area contributed by atoms with Gasteiger partial charge in [0.1, 0.15) is 0 Å². The van der Waals surface area contributed by atoms with Gasteiger partial charge >= 0.3 is 0 Å². The summed E-state index contributed by atoms with van der Waals surface area (Å²) in [5.74, 6) is 0.843. The fraction of sp³-hybridized carbons (Fsp3) is 1.00. The summed E-state index contributed by atoms with van der Waals surface area (Å²) in [7, 11) is 0. The minimum atomic E-state index is -0.212. The van der Waals surface area contributed by atoms with Gasteiger partial charge in [-0.1, -0.05) is 20.8 Å². The second-order valence-corrected chi connectivity index (χ2v) is 6.16. The molecular formula is C13H27NO. The molecule has 0 saturated carbocycles. The summed E-state index contributed by atoms with van der Waals surface area (Å²) in [4.78, 5) is 2.42. The fourth-order valence-corrected chi connectivity index (χ4v) is 2.48. The van der Waals surface area contributed by atoms with E-state index in [1.165, 1.54) is 12.8 Å². The van der Waals surface area contributed by atoms with Crippen LogP contribution in [0.25, 0.3) is 0 Å². The zero-order chi connectivity index (χ0) is 11.6. The first-order valence-electron chi connectivity index (χ1n) is 6.24. The van der Waals surface area contributed by atoms with E-state index in [4.69, 9.17) is 0 Å². The van der Waals surface area contributed by atoms with E-state index in [-0.39, 0.29) is 6.10 Å². The molecule has 1 aliphatic rings. The smallest absolute Gasteiger partial charge is 0.0664 e. The van der Waals surface area contributed by atoms with E-state index in [0.717, 1.165) is 19.0 Å². The van der Waals surface area contributed by atoms with E-state index in [0.29, 0.717) is 11.5 Å². The molecule has 1 heterocycles. The molecule has 0 bridgehead atoms. The van der Waals surface area contributed by atoms with Crippen molar-refractivity contribution in [2.45, 2.75) is 59.6 Å². The molecule has 1 N–H and O–H groups in total. The van der Waals surface area contributed by atoms with E-state index in [1.807, 2.05) is 6.92 Å². The van der Waals surface area contributed by atoms with Gasteiger partial charge < -0.3 is 5.11 Å². The summed E-state index contributed by atoms with van der Waals surface area (Å²) >= 11 is 0. The molecule has 0 aromatic rings. The van der Waals surface area contributed by atoms with E-state index >= 15 is 0 Å². The Kier molecular flexibility index (Phi) is 4.19. The van der Waals surface area contributed by atoms with Crippen LogP contribution in [-0.2, 0) is 0 Å². The van der Waals surface area contributed by atoms with Crippen LogP contribution in [-0.4, -0.2) is 35.2 Å². The standard InChI is InChI=1S/C13H27NO/c1-10(11(2)15)14-8-6-12(7-9-14)13(3,4)5/h10-12,15H,6-9H2,1-5H3. The molecule has 1 rings (SSSR count). The van der Waals surface area contributed by atoms with Gasteiger partial charge in [-0.15, -0.1) is 0 Å². The number of aliphatic hydroxyl groups is 1. The average Bonchev–Trinajstić information content (AvgIpc) is 2.15. The first-order valence-corrected chi connectivity index (χ1v) is 6.24. The molecule has 15 heavy (non-hydrogen) atoms. The summed E-state index contributed by atoms with van der Waals surface area (Å²) in [5.41, 5.74) is 0.445. The maximum absolute atomic E-state index is 9.56. The van der Waals surface area contributed by atoms with Crippen molar-refractivity contribution in [3.63, 3.8) is 0 Å². The Morgan fingerprint density at radius 2 is 1.60 bits per heavy atom. The number of rotatable bonds is 2. The number of hydrogen-bond donors (Lipinski definition) is 1. The van der Waals surface area contributed by atoms with Gasteiger partial charge in [-0.05, 0) is 51.1 Å². The first-order chi connectivity index (χ1) is 6.82. The quantitative estimate of drug-likeness (QED) is 0.762. The van der Waals surface area contributed by atoms with Gasteiger partial charge in [-0.25, -0.2) is 0 Å². The van der Waals surface area contributed by atoms with Gasteiger partial charge in [0.05, 0.1) is 6.10 Å². The number of hydrogen-bond acceptors (Lipinski definition) is 2. The lowest BCUT2D eigenvalue weighted by Crippen LogP contribution is -2.46. The van der Waals surface area contributed by atoms with E-state index in [2.05, 4.69) is 32.6 Å². The van der Waals surface area contributed by atoms with E-state index in [1.54, 1.807) is 0 Å². The van der Waals surface area contributed by atoms with E-state index < -0.39 is 0 Å². The molecule has 0 amide bonds. The second-order valence-electron chi connectivity index (χ2n) is 6.16. The van der Waals surface area contributed by atoms with Gasteiger partial charge in [0.25, 0.3) is 0 Å². The first kappa shape index (κ1) is 13.0. The predicted molar refractivity (Wildman–Crippen MR) is 64.9 cm³/mol. The van der Waals surface area contributed by atoms with Crippen molar-refractivity contribution >= 4 is 0 Å². The van der Waals surface area contributed by atoms with Crippen LogP contribution in [0.4, 0.5) is 0 Å². The van der Waals surface area contributed by atoms with Crippen LogP contribution in [0.3, 0.4) is 0 Å². The SMILES string of the molecule is CC(O)C(C)N1CCC(C(C)(C)C)CC1. The zero-order valence-electron chi connectivity index (χ0n) is 11.0. The molecule has 0 aromatic heterocycles. The van der Waals surface area contributed by atoms with E-state index in [9.17, 15) is 5.11 Å². The largest absolute Gasteiger partial charge is 0.392 e. The van der Waals surface area contributed by atoms with Gasteiger partial charge in [0, 0.05) is 6.04 Å². The van der Waals surface area contributed by atoms with Crippen molar-refractivity contribution in [1.29, 1.82) is 0 Å². The monoisotopic (exact) mass is 213 g/mol. The van der Waals surface area contributed by atoms with Crippen LogP contribution >= 0.6 is 0 Å². The highest BCUT2D eigenvalue weighted by molar-refractivity contribution is 4.83. The molecule has 2 atom stereocenters. The third kappa shape index (κ3) is 3.46. The highest BCUT2D eigenvalue weighted by atomic mass is 16.3. The summed E-state index contributed by atoms with van der Waals surface area (Å²) in [6, 6.07) is 0.311. The van der Waals surface area contributed by atoms with Crippen LogP contribution < -0.4 is 0 Å². The maximum Gasteiger partial charge on any atom is 0.0664 e. The van der Waals surface area contributed by atoms with Crippen molar-refractivity contribution in [2.24, 2.45) is 11.3 Å². The Balaban J connectivity index is 2.42. The summed E-state index contributed by atoms with van der Waals surface area (Å²) in [6.07, 6.45) is 2.34. The number of likely N-dealkylation sites (tertiary alicyclic amines) is 1. The van der Waals surface area contributed by atoms with Crippen molar-refractivity contribution in [2.75, 3.05) is 13.1 Å². The molecule has 0 spiro atoms. The minimum Gasteiger partial charge on any atom is -0.392 e. The Hall–Kier alpha value is -0.0800. The summed E-state index contributed by atoms with van der Waals surface area (Å²) in [5, 5.41) is 9.56. The summed E-state index contributed by atoms with van der Waals surface area (Å²) < 4.78 is 0. The molecule has 90 valence electrons. The lowest BCUT2D eigenvalue weighted by Gasteiger charge is -2.41. The highest BCUT2D eigenvalue weighted by Crippen LogP contribution is 2.34. The van der Waals surface area contributed by atoms with Gasteiger partial charge in [0.2, 0.25) is 0 Å². The number of piperidine rings is 1. The Morgan fingerprint density at radius 3 is 1.93 bits per heavy atom. The zero-order valence-corrected chi connectivity index (χ0v) is 11.0. The molecule has 0 aliphatic carbocycles. The highest BCUT2D eigenvalue weighted by Gasteiger charge is 2.30. The van der Waals surface area contributed by atoms with Crippen LogP contribution in [0.2, 0.25) is 0 Å². The topological polar surface area (TPSA) is 23.5 Å². The third-order valence-corrected chi connectivity index (χ3v) is 4.03. The van der Waals surface area contributed by atoms with Gasteiger partial charge in [0.15, 0.2) is 0 Å².